The number of likely N-dealkylation sites (N-methyl/N-ethyl adjacent to an activating group) is 2. The van der Waals surface area contributed by atoms with Gasteiger partial charge in [-0.3, -0.25) is 4.90 Å². The molecule has 4 nitrogen and oxygen atoms in total. The van der Waals surface area contributed by atoms with E-state index in [1.165, 1.54) is 22.3 Å². The predicted molar refractivity (Wildman–Crippen MR) is 98.6 cm³/mol. The van der Waals surface area contributed by atoms with Crippen molar-refractivity contribution in [1.82, 2.24) is 9.80 Å². The molecule has 2 aliphatic heterocycles. The van der Waals surface area contributed by atoms with E-state index in [-0.39, 0.29) is 0 Å². The second kappa shape index (κ2) is 7.16. The van der Waals surface area contributed by atoms with Crippen LogP contribution in [0.4, 0.5) is 0 Å². The fourth-order valence-corrected chi connectivity index (χ4v) is 3.84. The quantitative estimate of drug-likeness (QED) is 0.782. The van der Waals surface area contributed by atoms with Gasteiger partial charge in [0, 0.05) is 31.2 Å². The molecular weight excluding hydrogens is 312 g/mol. The van der Waals surface area contributed by atoms with Gasteiger partial charge in [0.15, 0.2) is 5.75 Å². The Morgan fingerprint density at radius 3 is 2.84 bits per heavy atom. The van der Waals surface area contributed by atoms with Crippen LogP contribution >= 0.6 is 0 Å². The first kappa shape index (κ1) is 16.6. The number of rotatable bonds is 5. The highest BCUT2D eigenvalue weighted by Gasteiger charge is 2.28. The van der Waals surface area contributed by atoms with Crippen molar-refractivity contribution < 1.29 is 9.78 Å². The van der Waals surface area contributed by atoms with E-state index in [1.807, 2.05) is 0 Å². The zero-order valence-electron chi connectivity index (χ0n) is 15.1. The molecule has 2 heterocycles. The van der Waals surface area contributed by atoms with E-state index in [4.69, 9.17) is 9.78 Å². The lowest BCUT2D eigenvalue weighted by atomic mass is 9.90. The van der Waals surface area contributed by atoms with Crippen molar-refractivity contribution in [1.29, 1.82) is 0 Å². The second-order valence-corrected chi connectivity index (χ2v) is 7.25. The van der Waals surface area contributed by atoms with Crippen molar-refractivity contribution >= 4 is 0 Å². The maximum Gasteiger partial charge on any atom is 0.171 e. The van der Waals surface area contributed by atoms with E-state index in [1.54, 1.807) is 0 Å². The third kappa shape index (κ3) is 3.56. The highest BCUT2D eigenvalue weighted by atomic mass is 17.2. The third-order valence-corrected chi connectivity index (χ3v) is 5.42. The molecule has 0 N–H and O–H groups in total. The lowest BCUT2D eigenvalue weighted by Crippen LogP contribution is -2.39. The third-order valence-electron chi connectivity index (χ3n) is 5.42. The molecule has 132 valence electrons. The van der Waals surface area contributed by atoms with Crippen LogP contribution in [0.15, 0.2) is 42.5 Å². The summed E-state index contributed by atoms with van der Waals surface area (Å²) < 4.78 is 0. The molecule has 0 fully saturated rings. The summed E-state index contributed by atoms with van der Waals surface area (Å²) in [6, 6.07) is 15.6. The molecule has 2 aliphatic rings. The van der Waals surface area contributed by atoms with E-state index >= 15 is 0 Å². The minimum atomic E-state index is 0.426. The van der Waals surface area contributed by atoms with Crippen LogP contribution in [0, 0.1) is 0 Å². The number of hydrogen-bond donors (Lipinski definition) is 0. The van der Waals surface area contributed by atoms with Crippen molar-refractivity contribution in [3.05, 3.63) is 64.7 Å². The maximum atomic E-state index is 5.27. The van der Waals surface area contributed by atoms with E-state index in [9.17, 15) is 0 Å². The van der Waals surface area contributed by atoms with Crippen LogP contribution in [0.2, 0.25) is 0 Å². The Kier molecular flexibility index (Phi) is 4.75. The average Bonchev–Trinajstić information content (AvgIpc) is 3.09. The van der Waals surface area contributed by atoms with E-state index < -0.39 is 0 Å². The molecule has 1 unspecified atom stereocenters. The summed E-state index contributed by atoms with van der Waals surface area (Å²) >= 11 is 0. The highest BCUT2D eigenvalue weighted by molar-refractivity contribution is 5.46. The molecular formula is C21H26N2O2. The summed E-state index contributed by atoms with van der Waals surface area (Å²) in [5.41, 5.74) is 5.42. The molecule has 0 amide bonds. The normalized spacial score (nSPS) is 19.6. The Labute approximate surface area is 149 Å². The summed E-state index contributed by atoms with van der Waals surface area (Å²) in [6.07, 6.45) is 2.17. The first-order valence-electron chi connectivity index (χ1n) is 9.08. The molecule has 0 saturated heterocycles. The number of hydrogen-bond acceptors (Lipinski definition) is 4. The predicted octanol–water partition coefficient (Wildman–Crippen LogP) is 3.21. The van der Waals surface area contributed by atoms with E-state index in [0.29, 0.717) is 12.6 Å². The van der Waals surface area contributed by atoms with Crippen LogP contribution in [-0.2, 0) is 24.3 Å². The molecule has 0 bridgehead atoms. The monoisotopic (exact) mass is 338 g/mol. The Morgan fingerprint density at radius 2 is 2.00 bits per heavy atom. The molecule has 0 aromatic heterocycles. The van der Waals surface area contributed by atoms with Crippen molar-refractivity contribution in [3.8, 4) is 5.75 Å². The number of fused-ring (bicyclic) bond motifs is 2. The van der Waals surface area contributed by atoms with Gasteiger partial charge in [-0.2, -0.15) is 4.89 Å². The van der Waals surface area contributed by atoms with Crippen LogP contribution in [0.25, 0.3) is 0 Å². The molecule has 4 rings (SSSR count). The maximum absolute atomic E-state index is 5.27. The largest absolute Gasteiger partial charge is 0.337 e. The first-order chi connectivity index (χ1) is 12.2. The van der Waals surface area contributed by atoms with E-state index in [2.05, 4.69) is 66.4 Å². The SMILES string of the molecule is CN(CCc1ccccc1)CC1c2cc3c(cc2CCN1C)OOC3. The summed E-state index contributed by atoms with van der Waals surface area (Å²) in [6.45, 7) is 3.75. The fourth-order valence-electron chi connectivity index (χ4n) is 3.84. The molecule has 1 atom stereocenters. The van der Waals surface area contributed by atoms with Crippen molar-refractivity contribution in [2.24, 2.45) is 0 Å². The zero-order chi connectivity index (χ0) is 17.2. The topological polar surface area (TPSA) is 24.9 Å². The molecule has 0 radical (unpaired) electrons. The van der Waals surface area contributed by atoms with Gasteiger partial charge in [0.25, 0.3) is 0 Å². The molecule has 2 aromatic carbocycles. The van der Waals surface area contributed by atoms with Gasteiger partial charge in [-0.1, -0.05) is 30.3 Å². The highest BCUT2D eigenvalue weighted by Crippen LogP contribution is 2.36. The first-order valence-corrected chi connectivity index (χ1v) is 9.08. The summed E-state index contributed by atoms with van der Waals surface area (Å²) in [5, 5.41) is 0. The van der Waals surface area contributed by atoms with Gasteiger partial charge in [-0.05, 0) is 55.8 Å². The van der Waals surface area contributed by atoms with Crippen LogP contribution in [0.5, 0.6) is 5.75 Å². The van der Waals surface area contributed by atoms with Gasteiger partial charge in [0.05, 0.1) is 0 Å². The number of benzene rings is 2. The fraction of sp³-hybridized carbons (Fsp3) is 0.429. The Bertz CT molecular complexity index is 732. The molecule has 4 heteroatoms. The molecule has 25 heavy (non-hydrogen) atoms. The van der Waals surface area contributed by atoms with Gasteiger partial charge in [-0.15, -0.1) is 0 Å². The van der Waals surface area contributed by atoms with Gasteiger partial charge >= 0.3 is 0 Å². The minimum absolute atomic E-state index is 0.426. The van der Waals surface area contributed by atoms with E-state index in [0.717, 1.165) is 38.2 Å². The Morgan fingerprint density at radius 1 is 1.16 bits per heavy atom. The van der Waals surface area contributed by atoms with Gasteiger partial charge in [0.2, 0.25) is 0 Å². The summed E-state index contributed by atoms with van der Waals surface area (Å²) in [5.74, 6) is 0.902. The molecule has 2 aromatic rings. The molecule has 0 saturated carbocycles. The molecule has 0 spiro atoms. The Hall–Kier alpha value is -1.88. The van der Waals surface area contributed by atoms with Crippen LogP contribution in [0.1, 0.15) is 28.3 Å². The van der Waals surface area contributed by atoms with Gasteiger partial charge in [0.1, 0.15) is 6.61 Å². The lowest BCUT2D eigenvalue weighted by Gasteiger charge is -2.37. The number of nitrogens with zero attached hydrogens (tertiary/aromatic N) is 2. The van der Waals surface area contributed by atoms with Crippen LogP contribution < -0.4 is 4.89 Å². The van der Waals surface area contributed by atoms with Crippen molar-refractivity contribution in [3.63, 3.8) is 0 Å². The summed E-state index contributed by atoms with van der Waals surface area (Å²) in [4.78, 5) is 15.3. The van der Waals surface area contributed by atoms with Crippen LogP contribution in [0.3, 0.4) is 0 Å². The zero-order valence-corrected chi connectivity index (χ0v) is 15.1. The standard InChI is InChI=1S/C21H26N2O2/c1-22(10-8-16-6-4-3-5-7-16)14-20-19-12-18-15-24-25-21(18)13-17(19)9-11-23(20)2/h3-7,12-13,20H,8-11,14-15H2,1-2H3. The smallest absolute Gasteiger partial charge is 0.171 e. The summed E-state index contributed by atoms with van der Waals surface area (Å²) in [7, 11) is 4.46. The second-order valence-electron chi connectivity index (χ2n) is 7.25. The van der Waals surface area contributed by atoms with Gasteiger partial charge in [-0.25, -0.2) is 0 Å². The van der Waals surface area contributed by atoms with Crippen molar-refractivity contribution in [2.75, 3.05) is 33.7 Å². The van der Waals surface area contributed by atoms with Crippen LogP contribution in [-0.4, -0.2) is 43.5 Å². The average molecular weight is 338 g/mol. The molecule has 0 aliphatic carbocycles. The lowest BCUT2D eigenvalue weighted by molar-refractivity contribution is -0.194. The van der Waals surface area contributed by atoms with Crippen molar-refractivity contribution in [2.45, 2.75) is 25.5 Å². The minimum Gasteiger partial charge on any atom is -0.337 e. The Balaban J connectivity index is 1.46. The van der Waals surface area contributed by atoms with Gasteiger partial charge < -0.3 is 9.79 Å².